The molecular weight excluding hydrogens is 242 g/mol. The Morgan fingerprint density at radius 1 is 1.37 bits per heavy atom. The molecule has 0 radical (unpaired) electrons. The number of carbonyl (C=O) groups excluding carboxylic acids is 1. The average molecular weight is 267 g/mol. The van der Waals surface area contributed by atoms with Crippen LogP contribution in [0.1, 0.15) is 52.4 Å². The normalized spacial score (nSPS) is 31.3. The van der Waals surface area contributed by atoms with E-state index in [1.165, 1.54) is 0 Å². The molecule has 0 aromatic carbocycles. The van der Waals surface area contributed by atoms with Crippen molar-refractivity contribution in [3.8, 4) is 0 Å². The molecule has 2 fully saturated rings. The summed E-state index contributed by atoms with van der Waals surface area (Å²) in [6.07, 6.45) is 5.77. The van der Waals surface area contributed by atoms with Crippen molar-refractivity contribution in [2.75, 3.05) is 6.54 Å². The predicted octanol–water partition coefficient (Wildman–Crippen LogP) is 2.52. The summed E-state index contributed by atoms with van der Waals surface area (Å²) in [5, 5.41) is 9.42. The average Bonchev–Trinajstić information content (AvgIpc) is 2.86. The third-order valence-corrected chi connectivity index (χ3v) is 4.77. The molecule has 1 aliphatic carbocycles. The standard InChI is InChI=1S/C15H25NO3/c1-3-5-10(2)8-13(17)16-9-11-6-4-7-12(11)14(16)15(18)19/h10-12,14H,3-9H2,1-2H3,(H,18,19). The van der Waals surface area contributed by atoms with Crippen LogP contribution in [0.3, 0.4) is 0 Å². The van der Waals surface area contributed by atoms with Crippen LogP contribution in [0.2, 0.25) is 0 Å². The van der Waals surface area contributed by atoms with Gasteiger partial charge in [0.05, 0.1) is 0 Å². The van der Waals surface area contributed by atoms with Gasteiger partial charge >= 0.3 is 5.97 Å². The van der Waals surface area contributed by atoms with E-state index in [4.69, 9.17) is 0 Å². The fourth-order valence-corrected chi connectivity index (χ4v) is 3.89. The highest BCUT2D eigenvalue weighted by molar-refractivity contribution is 5.84. The lowest BCUT2D eigenvalue weighted by atomic mass is 9.94. The monoisotopic (exact) mass is 267 g/mol. The second-order valence-electron chi connectivity index (χ2n) is 6.28. The van der Waals surface area contributed by atoms with Gasteiger partial charge in [-0.15, -0.1) is 0 Å². The molecule has 1 saturated carbocycles. The lowest BCUT2D eigenvalue weighted by molar-refractivity contribution is -0.150. The first-order chi connectivity index (χ1) is 9.04. The first-order valence-electron chi connectivity index (χ1n) is 7.56. The van der Waals surface area contributed by atoms with Gasteiger partial charge < -0.3 is 10.0 Å². The topological polar surface area (TPSA) is 57.6 Å². The highest BCUT2D eigenvalue weighted by Crippen LogP contribution is 2.42. The van der Waals surface area contributed by atoms with Crippen molar-refractivity contribution in [1.29, 1.82) is 0 Å². The van der Waals surface area contributed by atoms with Crippen LogP contribution in [0.5, 0.6) is 0 Å². The van der Waals surface area contributed by atoms with E-state index in [0.29, 0.717) is 24.8 Å². The van der Waals surface area contributed by atoms with Gasteiger partial charge in [0.25, 0.3) is 0 Å². The first-order valence-corrected chi connectivity index (χ1v) is 7.56. The van der Waals surface area contributed by atoms with Crippen molar-refractivity contribution in [3.05, 3.63) is 0 Å². The molecule has 0 bridgehead atoms. The maximum absolute atomic E-state index is 12.3. The van der Waals surface area contributed by atoms with Crippen molar-refractivity contribution in [2.24, 2.45) is 17.8 Å². The minimum absolute atomic E-state index is 0.0442. The molecular formula is C15H25NO3. The molecule has 0 aromatic rings. The molecule has 1 N–H and O–H groups in total. The maximum atomic E-state index is 12.3. The molecule has 4 heteroatoms. The summed E-state index contributed by atoms with van der Waals surface area (Å²) in [7, 11) is 0. The number of fused-ring (bicyclic) bond motifs is 1. The van der Waals surface area contributed by atoms with E-state index in [2.05, 4.69) is 13.8 Å². The van der Waals surface area contributed by atoms with Gasteiger partial charge in [-0.1, -0.05) is 33.1 Å². The van der Waals surface area contributed by atoms with Crippen LogP contribution in [0.15, 0.2) is 0 Å². The Hall–Kier alpha value is -1.06. The van der Waals surface area contributed by atoms with E-state index in [1.54, 1.807) is 4.90 Å². The third kappa shape index (κ3) is 2.93. The van der Waals surface area contributed by atoms with E-state index < -0.39 is 12.0 Å². The molecule has 1 amide bonds. The van der Waals surface area contributed by atoms with Crippen LogP contribution >= 0.6 is 0 Å². The van der Waals surface area contributed by atoms with Crippen molar-refractivity contribution in [3.63, 3.8) is 0 Å². The highest BCUT2D eigenvalue weighted by atomic mass is 16.4. The van der Waals surface area contributed by atoms with Gasteiger partial charge in [0, 0.05) is 13.0 Å². The Balaban J connectivity index is 2.02. The smallest absolute Gasteiger partial charge is 0.326 e. The lowest BCUT2D eigenvalue weighted by Crippen LogP contribution is -2.43. The zero-order chi connectivity index (χ0) is 14.0. The minimum atomic E-state index is -0.814. The first kappa shape index (κ1) is 14.4. The summed E-state index contributed by atoms with van der Waals surface area (Å²) >= 11 is 0. The van der Waals surface area contributed by atoms with E-state index in [-0.39, 0.29) is 11.8 Å². The third-order valence-electron chi connectivity index (χ3n) is 4.77. The Morgan fingerprint density at radius 2 is 2.11 bits per heavy atom. The number of aliphatic carboxylic acids is 1. The molecule has 0 spiro atoms. The molecule has 19 heavy (non-hydrogen) atoms. The molecule has 4 nitrogen and oxygen atoms in total. The summed E-state index contributed by atoms with van der Waals surface area (Å²) < 4.78 is 0. The van der Waals surface area contributed by atoms with E-state index in [0.717, 1.165) is 32.1 Å². The fraction of sp³-hybridized carbons (Fsp3) is 0.867. The predicted molar refractivity (Wildman–Crippen MR) is 72.7 cm³/mol. The molecule has 1 saturated heterocycles. The zero-order valence-corrected chi connectivity index (χ0v) is 12.0. The highest BCUT2D eigenvalue weighted by Gasteiger charge is 2.49. The van der Waals surface area contributed by atoms with Gasteiger partial charge in [-0.2, -0.15) is 0 Å². The fourth-order valence-electron chi connectivity index (χ4n) is 3.89. The number of amides is 1. The number of carboxylic acids is 1. The Kier molecular flexibility index (Phi) is 4.48. The Bertz CT molecular complexity index is 355. The molecule has 2 aliphatic rings. The number of carboxylic acid groups (broad SMARTS) is 1. The van der Waals surface area contributed by atoms with Crippen molar-refractivity contribution in [2.45, 2.75) is 58.4 Å². The largest absolute Gasteiger partial charge is 0.480 e. The van der Waals surface area contributed by atoms with Gasteiger partial charge in [-0.3, -0.25) is 4.79 Å². The quantitative estimate of drug-likeness (QED) is 0.832. The molecule has 0 aromatic heterocycles. The summed E-state index contributed by atoms with van der Waals surface area (Å²) in [5.41, 5.74) is 0. The van der Waals surface area contributed by atoms with Crippen LogP contribution in [0, 0.1) is 17.8 Å². The van der Waals surface area contributed by atoms with Gasteiger partial charge in [-0.25, -0.2) is 4.79 Å². The summed E-state index contributed by atoms with van der Waals surface area (Å²) in [4.78, 5) is 25.5. The number of nitrogens with zero attached hydrogens (tertiary/aromatic N) is 1. The van der Waals surface area contributed by atoms with Crippen molar-refractivity contribution < 1.29 is 14.7 Å². The second kappa shape index (κ2) is 5.93. The zero-order valence-electron chi connectivity index (χ0n) is 12.0. The van der Waals surface area contributed by atoms with E-state index >= 15 is 0 Å². The summed E-state index contributed by atoms with van der Waals surface area (Å²) in [5.74, 6) is 0.204. The SMILES string of the molecule is CCCC(C)CC(=O)N1CC2CCCC2C1C(=O)O. The number of rotatable bonds is 5. The maximum Gasteiger partial charge on any atom is 0.326 e. The molecule has 4 unspecified atom stereocenters. The van der Waals surface area contributed by atoms with Gasteiger partial charge in [0.1, 0.15) is 6.04 Å². The number of likely N-dealkylation sites (tertiary alicyclic amines) is 1. The van der Waals surface area contributed by atoms with Crippen molar-refractivity contribution >= 4 is 11.9 Å². The van der Waals surface area contributed by atoms with Gasteiger partial charge in [0.15, 0.2) is 0 Å². The van der Waals surface area contributed by atoms with Crippen LogP contribution < -0.4 is 0 Å². The Morgan fingerprint density at radius 3 is 2.74 bits per heavy atom. The molecule has 4 atom stereocenters. The molecule has 2 rings (SSSR count). The number of hydrogen-bond donors (Lipinski definition) is 1. The van der Waals surface area contributed by atoms with E-state index in [9.17, 15) is 14.7 Å². The van der Waals surface area contributed by atoms with Crippen LogP contribution in [-0.4, -0.2) is 34.5 Å². The number of hydrogen-bond acceptors (Lipinski definition) is 2. The second-order valence-corrected chi connectivity index (χ2v) is 6.28. The minimum Gasteiger partial charge on any atom is -0.480 e. The van der Waals surface area contributed by atoms with Gasteiger partial charge in [-0.05, 0) is 30.6 Å². The molecule has 1 aliphatic heterocycles. The van der Waals surface area contributed by atoms with E-state index in [1.807, 2.05) is 0 Å². The van der Waals surface area contributed by atoms with Crippen LogP contribution in [0.25, 0.3) is 0 Å². The van der Waals surface area contributed by atoms with Crippen LogP contribution in [0.4, 0.5) is 0 Å². The number of carbonyl (C=O) groups is 2. The van der Waals surface area contributed by atoms with Crippen LogP contribution in [-0.2, 0) is 9.59 Å². The lowest BCUT2D eigenvalue weighted by Gasteiger charge is -2.25. The summed E-state index contributed by atoms with van der Waals surface area (Å²) in [6, 6.07) is -0.561. The molecule has 1 heterocycles. The molecule has 108 valence electrons. The summed E-state index contributed by atoms with van der Waals surface area (Å²) in [6.45, 7) is 4.86. The van der Waals surface area contributed by atoms with Crippen molar-refractivity contribution in [1.82, 2.24) is 4.90 Å². The Labute approximate surface area is 115 Å². The van der Waals surface area contributed by atoms with Gasteiger partial charge in [0.2, 0.25) is 5.91 Å².